The summed E-state index contributed by atoms with van der Waals surface area (Å²) in [5, 5.41) is 0. The lowest BCUT2D eigenvalue weighted by Gasteiger charge is -2.31. The molecular weight excluding hydrogens is 288 g/mol. The van der Waals surface area contributed by atoms with Crippen molar-refractivity contribution >= 4 is 11.4 Å². The summed E-state index contributed by atoms with van der Waals surface area (Å²) in [6.45, 7) is 5.43. The first-order valence-electron chi connectivity index (χ1n) is 8.25. The van der Waals surface area contributed by atoms with Gasteiger partial charge in [-0.3, -0.25) is 0 Å². The third-order valence-corrected chi connectivity index (χ3v) is 4.12. The first-order valence-corrected chi connectivity index (χ1v) is 8.25. The van der Waals surface area contributed by atoms with E-state index in [0.29, 0.717) is 13.2 Å². The summed E-state index contributed by atoms with van der Waals surface area (Å²) in [6.07, 6.45) is 2.03. The smallest absolute Gasteiger partial charge is 0.144 e. The Balaban J connectivity index is 1.49. The standard InChI is InChI=1S/C19H24N2O2/c1-2-15-4-7-17(8-5-15)22-12-3-10-21-11-13-23-19-14-16(20)6-9-18(19)21/h4-9,14H,2-3,10-13,20H2,1H3. The summed E-state index contributed by atoms with van der Waals surface area (Å²) in [4.78, 5) is 2.34. The maximum atomic E-state index is 5.83. The number of nitrogen functional groups attached to an aromatic ring is 1. The Morgan fingerprint density at radius 1 is 1.17 bits per heavy atom. The minimum atomic E-state index is 0.704. The molecule has 2 aromatic rings. The van der Waals surface area contributed by atoms with E-state index in [9.17, 15) is 0 Å². The van der Waals surface area contributed by atoms with Crippen LogP contribution in [0.3, 0.4) is 0 Å². The maximum Gasteiger partial charge on any atom is 0.144 e. The molecule has 1 heterocycles. The van der Waals surface area contributed by atoms with Crippen molar-refractivity contribution < 1.29 is 9.47 Å². The molecule has 122 valence electrons. The average Bonchev–Trinajstić information content (AvgIpc) is 2.59. The molecule has 2 aromatic carbocycles. The van der Waals surface area contributed by atoms with Gasteiger partial charge in [0.1, 0.15) is 18.1 Å². The zero-order chi connectivity index (χ0) is 16.1. The second-order valence-corrected chi connectivity index (χ2v) is 5.76. The zero-order valence-electron chi connectivity index (χ0n) is 13.6. The Morgan fingerprint density at radius 3 is 2.78 bits per heavy atom. The zero-order valence-corrected chi connectivity index (χ0v) is 13.6. The van der Waals surface area contributed by atoms with E-state index in [0.717, 1.165) is 48.8 Å². The van der Waals surface area contributed by atoms with Crippen molar-refractivity contribution in [3.63, 3.8) is 0 Å². The lowest BCUT2D eigenvalue weighted by Crippen LogP contribution is -2.34. The molecule has 0 atom stereocenters. The number of benzene rings is 2. The normalized spacial score (nSPS) is 13.3. The highest BCUT2D eigenvalue weighted by molar-refractivity contribution is 5.65. The fourth-order valence-electron chi connectivity index (χ4n) is 2.79. The van der Waals surface area contributed by atoms with Crippen molar-refractivity contribution in [3.8, 4) is 11.5 Å². The van der Waals surface area contributed by atoms with E-state index in [4.69, 9.17) is 15.2 Å². The van der Waals surface area contributed by atoms with Crippen LogP contribution in [0.2, 0.25) is 0 Å². The quantitative estimate of drug-likeness (QED) is 0.655. The number of rotatable bonds is 6. The Morgan fingerprint density at radius 2 is 2.00 bits per heavy atom. The molecular formula is C19H24N2O2. The molecule has 0 saturated carbocycles. The van der Waals surface area contributed by atoms with Crippen LogP contribution in [0.25, 0.3) is 0 Å². The molecule has 2 N–H and O–H groups in total. The average molecular weight is 312 g/mol. The van der Waals surface area contributed by atoms with Gasteiger partial charge in [0.15, 0.2) is 0 Å². The Kier molecular flexibility index (Phi) is 4.91. The highest BCUT2D eigenvalue weighted by Crippen LogP contribution is 2.33. The number of hydrogen-bond donors (Lipinski definition) is 1. The maximum absolute atomic E-state index is 5.83. The van der Waals surface area contributed by atoms with Gasteiger partial charge in [-0.05, 0) is 42.7 Å². The van der Waals surface area contributed by atoms with E-state index in [1.807, 2.05) is 30.3 Å². The first kappa shape index (κ1) is 15.5. The van der Waals surface area contributed by atoms with Crippen LogP contribution in [-0.4, -0.2) is 26.3 Å². The van der Waals surface area contributed by atoms with Crippen LogP contribution in [0.4, 0.5) is 11.4 Å². The fraction of sp³-hybridized carbons (Fsp3) is 0.368. The van der Waals surface area contributed by atoms with Crippen molar-refractivity contribution in [3.05, 3.63) is 48.0 Å². The molecule has 0 spiro atoms. The molecule has 23 heavy (non-hydrogen) atoms. The summed E-state index contributed by atoms with van der Waals surface area (Å²) in [5.41, 5.74) is 9.01. The van der Waals surface area contributed by atoms with Crippen molar-refractivity contribution in [2.24, 2.45) is 0 Å². The molecule has 1 aliphatic rings. The SMILES string of the molecule is CCc1ccc(OCCCN2CCOc3cc(N)ccc32)cc1. The number of anilines is 2. The van der Waals surface area contributed by atoms with Crippen LogP contribution in [0.1, 0.15) is 18.9 Å². The van der Waals surface area contributed by atoms with E-state index in [1.54, 1.807) is 0 Å². The molecule has 0 aliphatic carbocycles. The highest BCUT2D eigenvalue weighted by Gasteiger charge is 2.17. The van der Waals surface area contributed by atoms with E-state index in [-0.39, 0.29) is 0 Å². The van der Waals surface area contributed by atoms with Crippen LogP contribution < -0.4 is 20.1 Å². The highest BCUT2D eigenvalue weighted by atomic mass is 16.5. The Bertz CT molecular complexity index is 640. The first-order chi connectivity index (χ1) is 11.3. The number of aryl methyl sites for hydroxylation is 1. The van der Waals surface area contributed by atoms with Crippen molar-refractivity contribution in [2.45, 2.75) is 19.8 Å². The predicted octanol–water partition coefficient (Wildman–Crippen LogP) is 3.50. The van der Waals surface area contributed by atoms with Crippen molar-refractivity contribution in [1.82, 2.24) is 0 Å². The van der Waals surface area contributed by atoms with Gasteiger partial charge in [-0.1, -0.05) is 19.1 Å². The molecule has 0 bridgehead atoms. The third kappa shape index (κ3) is 3.89. The molecule has 0 unspecified atom stereocenters. The van der Waals surface area contributed by atoms with Crippen LogP contribution >= 0.6 is 0 Å². The summed E-state index contributed by atoms with van der Waals surface area (Å²) < 4.78 is 11.5. The number of fused-ring (bicyclic) bond motifs is 1. The molecule has 3 rings (SSSR count). The van der Waals surface area contributed by atoms with Crippen LogP contribution in [0, 0.1) is 0 Å². The Labute approximate surface area is 137 Å². The van der Waals surface area contributed by atoms with Gasteiger partial charge in [-0.25, -0.2) is 0 Å². The van der Waals surface area contributed by atoms with Crippen molar-refractivity contribution in [1.29, 1.82) is 0 Å². The van der Waals surface area contributed by atoms with Gasteiger partial charge in [-0.2, -0.15) is 0 Å². The summed E-state index contributed by atoms with van der Waals surface area (Å²) in [6, 6.07) is 14.2. The lowest BCUT2D eigenvalue weighted by atomic mass is 10.2. The molecule has 4 heteroatoms. The van der Waals surface area contributed by atoms with E-state index < -0.39 is 0 Å². The molecule has 4 nitrogen and oxygen atoms in total. The van der Waals surface area contributed by atoms with Gasteiger partial charge < -0.3 is 20.1 Å². The van der Waals surface area contributed by atoms with Crippen molar-refractivity contribution in [2.75, 3.05) is 36.9 Å². The van der Waals surface area contributed by atoms with Gasteiger partial charge in [0, 0.05) is 18.3 Å². The third-order valence-electron chi connectivity index (χ3n) is 4.12. The fourth-order valence-corrected chi connectivity index (χ4v) is 2.79. The van der Waals surface area contributed by atoms with Gasteiger partial charge in [0.05, 0.1) is 18.8 Å². The summed E-state index contributed by atoms with van der Waals surface area (Å²) >= 11 is 0. The number of nitrogens with zero attached hydrogens (tertiary/aromatic N) is 1. The topological polar surface area (TPSA) is 47.7 Å². The van der Waals surface area contributed by atoms with Gasteiger partial charge in [0.2, 0.25) is 0 Å². The lowest BCUT2D eigenvalue weighted by molar-refractivity contribution is 0.293. The van der Waals surface area contributed by atoms with Gasteiger partial charge in [0.25, 0.3) is 0 Å². The monoisotopic (exact) mass is 312 g/mol. The molecule has 0 saturated heterocycles. The van der Waals surface area contributed by atoms with E-state index in [1.165, 1.54) is 5.56 Å². The van der Waals surface area contributed by atoms with Gasteiger partial charge in [-0.15, -0.1) is 0 Å². The second kappa shape index (κ2) is 7.27. The van der Waals surface area contributed by atoms with Crippen LogP contribution in [0.15, 0.2) is 42.5 Å². The molecule has 0 aromatic heterocycles. The van der Waals surface area contributed by atoms with Crippen LogP contribution in [-0.2, 0) is 6.42 Å². The number of nitrogens with two attached hydrogens (primary N) is 1. The minimum Gasteiger partial charge on any atom is -0.494 e. The molecule has 1 aliphatic heterocycles. The minimum absolute atomic E-state index is 0.704. The molecule has 0 radical (unpaired) electrons. The predicted molar refractivity (Wildman–Crippen MR) is 94.5 cm³/mol. The van der Waals surface area contributed by atoms with Crippen LogP contribution in [0.5, 0.6) is 11.5 Å². The number of ether oxygens (including phenoxy) is 2. The second-order valence-electron chi connectivity index (χ2n) is 5.76. The molecule has 0 amide bonds. The molecule has 0 fully saturated rings. The number of hydrogen-bond acceptors (Lipinski definition) is 4. The van der Waals surface area contributed by atoms with E-state index >= 15 is 0 Å². The Hall–Kier alpha value is -2.36. The summed E-state index contributed by atoms with van der Waals surface area (Å²) in [5.74, 6) is 1.82. The van der Waals surface area contributed by atoms with Gasteiger partial charge >= 0.3 is 0 Å². The largest absolute Gasteiger partial charge is 0.494 e. The van der Waals surface area contributed by atoms with E-state index in [2.05, 4.69) is 24.0 Å². The summed E-state index contributed by atoms with van der Waals surface area (Å²) in [7, 11) is 0.